The van der Waals surface area contributed by atoms with Crippen molar-refractivity contribution in [2.45, 2.75) is 13.0 Å². The number of thiazole rings is 1. The predicted molar refractivity (Wildman–Crippen MR) is 166 cm³/mol. The third kappa shape index (κ3) is 5.93. The summed E-state index contributed by atoms with van der Waals surface area (Å²) in [5.74, 6) is 3.17. The van der Waals surface area contributed by atoms with E-state index < -0.39 is 12.0 Å². The van der Waals surface area contributed by atoms with E-state index in [9.17, 15) is 9.59 Å². The van der Waals surface area contributed by atoms with Crippen molar-refractivity contribution in [3.63, 3.8) is 0 Å². The molecule has 0 bridgehead atoms. The molecule has 10 heteroatoms. The second-order valence-electron chi connectivity index (χ2n) is 9.23. The number of nitrogens with zero attached hydrogens (tertiary/aromatic N) is 2. The Bertz CT molecular complexity index is 1920. The van der Waals surface area contributed by atoms with Gasteiger partial charge in [0.15, 0.2) is 16.3 Å². The number of hydrogen-bond acceptors (Lipinski definition) is 8. The number of aromatic nitrogens is 1. The average molecular weight is 615 g/mol. The summed E-state index contributed by atoms with van der Waals surface area (Å²) in [6, 6.07) is 19.1. The molecule has 2 heterocycles. The number of carbonyl (C=O) groups is 1. The molecule has 8 nitrogen and oxygen atoms in total. The molecule has 1 aliphatic rings. The molecule has 0 aliphatic carbocycles. The van der Waals surface area contributed by atoms with Crippen molar-refractivity contribution in [3.8, 4) is 29.6 Å². The summed E-state index contributed by atoms with van der Waals surface area (Å²) in [5.41, 5.74) is 2.39. The van der Waals surface area contributed by atoms with E-state index in [-0.39, 0.29) is 29.4 Å². The van der Waals surface area contributed by atoms with Crippen LogP contribution in [0.25, 0.3) is 11.8 Å². The van der Waals surface area contributed by atoms with Crippen molar-refractivity contribution in [3.05, 3.63) is 114 Å². The first-order valence-electron chi connectivity index (χ1n) is 13.3. The number of methoxy groups -OCH3 is 2. The number of hydrogen-bond donors (Lipinski definition) is 0. The smallest absolute Gasteiger partial charge is 0.338 e. The van der Waals surface area contributed by atoms with Crippen LogP contribution in [0.1, 0.15) is 29.7 Å². The largest absolute Gasteiger partial charge is 0.497 e. The quantitative estimate of drug-likeness (QED) is 0.202. The first-order chi connectivity index (χ1) is 20.9. The van der Waals surface area contributed by atoms with Crippen LogP contribution in [0.5, 0.6) is 17.2 Å². The molecule has 4 aromatic rings. The van der Waals surface area contributed by atoms with Gasteiger partial charge >= 0.3 is 5.97 Å². The fraction of sp³-hybridized carbons (Fsp3) is 0.182. The van der Waals surface area contributed by atoms with Crippen LogP contribution in [0.4, 0.5) is 0 Å². The molecule has 0 fully saturated rings. The van der Waals surface area contributed by atoms with Crippen molar-refractivity contribution in [2.75, 3.05) is 27.4 Å². The summed E-state index contributed by atoms with van der Waals surface area (Å²) in [6.45, 7) is 1.92. The second-order valence-corrected chi connectivity index (χ2v) is 10.6. The molecule has 0 spiro atoms. The van der Waals surface area contributed by atoms with Crippen molar-refractivity contribution in [2.24, 2.45) is 4.99 Å². The number of ether oxygens (including phenoxy) is 4. The minimum absolute atomic E-state index is 0.0198. The molecule has 0 amide bonds. The molecular formula is C33H27ClN2O6S. The van der Waals surface area contributed by atoms with Crippen molar-refractivity contribution >= 4 is 40.7 Å². The van der Waals surface area contributed by atoms with Gasteiger partial charge in [-0.15, -0.1) is 6.42 Å². The van der Waals surface area contributed by atoms with Gasteiger partial charge in [0, 0.05) is 5.56 Å². The monoisotopic (exact) mass is 614 g/mol. The molecule has 3 aromatic carbocycles. The lowest BCUT2D eigenvalue weighted by Gasteiger charge is -2.26. The predicted octanol–water partition coefficient (Wildman–Crippen LogP) is 4.62. The highest BCUT2D eigenvalue weighted by atomic mass is 35.5. The lowest BCUT2D eigenvalue weighted by Crippen LogP contribution is -2.40. The lowest BCUT2D eigenvalue weighted by molar-refractivity contribution is -0.138. The lowest BCUT2D eigenvalue weighted by atomic mass is 9.93. The molecule has 218 valence electrons. The van der Waals surface area contributed by atoms with Gasteiger partial charge in [-0.1, -0.05) is 71.3 Å². The Morgan fingerprint density at radius 3 is 2.51 bits per heavy atom. The van der Waals surface area contributed by atoms with Crippen LogP contribution in [0, 0.1) is 12.3 Å². The molecule has 1 aromatic heterocycles. The number of terminal acetylenes is 1. The number of esters is 1. The summed E-state index contributed by atoms with van der Waals surface area (Å²) in [4.78, 5) is 33.0. The highest BCUT2D eigenvalue weighted by Gasteiger charge is 2.35. The van der Waals surface area contributed by atoms with Crippen LogP contribution in [0.15, 0.2) is 82.1 Å². The molecule has 43 heavy (non-hydrogen) atoms. The molecule has 0 saturated heterocycles. The van der Waals surface area contributed by atoms with Crippen LogP contribution in [-0.4, -0.2) is 38.0 Å². The molecule has 0 saturated carbocycles. The van der Waals surface area contributed by atoms with E-state index in [1.54, 1.807) is 44.4 Å². The van der Waals surface area contributed by atoms with E-state index >= 15 is 0 Å². The molecule has 1 atom stereocenters. The van der Waals surface area contributed by atoms with E-state index in [4.69, 9.17) is 42.0 Å². The molecule has 0 unspecified atom stereocenters. The summed E-state index contributed by atoms with van der Waals surface area (Å²) >= 11 is 7.70. The molecule has 1 aliphatic heterocycles. The van der Waals surface area contributed by atoms with Gasteiger partial charge in [0.25, 0.3) is 5.56 Å². The highest BCUT2D eigenvalue weighted by Crippen LogP contribution is 2.37. The number of benzene rings is 3. The van der Waals surface area contributed by atoms with Crippen LogP contribution in [0.2, 0.25) is 5.02 Å². The maximum atomic E-state index is 14.1. The zero-order valence-corrected chi connectivity index (χ0v) is 25.2. The fourth-order valence-corrected chi connectivity index (χ4v) is 6.05. The second kappa shape index (κ2) is 13.0. The van der Waals surface area contributed by atoms with Crippen LogP contribution < -0.4 is 29.1 Å². The van der Waals surface area contributed by atoms with E-state index in [0.29, 0.717) is 43.4 Å². The van der Waals surface area contributed by atoms with Gasteiger partial charge in [-0.3, -0.25) is 9.36 Å². The maximum Gasteiger partial charge on any atom is 0.338 e. The van der Waals surface area contributed by atoms with Gasteiger partial charge in [0.2, 0.25) is 0 Å². The van der Waals surface area contributed by atoms with Gasteiger partial charge in [-0.25, -0.2) is 9.79 Å². The Balaban J connectivity index is 1.77. The normalized spacial score (nSPS) is 14.4. The van der Waals surface area contributed by atoms with Gasteiger partial charge in [-0.05, 0) is 48.4 Å². The van der Waals surface area contributed by atoms with Gasteiger partial charge in [0.1, 0.15) is 12.4 Å². The Morgan fingerprint density at radius 2 is 1.86 bits per heavy atom. The van der Waals surface area contributed by atoms with E-state index in [1.165, 1.54) is 23.0 Å². The number of halogens is 1. The van der Waals surface area contributed by atoms with Gasteiger partial charge < -0.3 is 18.9 Å². The minimum atomic E-state index is -0.809. The van der Waals surface area contributed by atoms with Crippen LogP contribution >= 0.6 is 22.9 Å². The molecule has 0 radical (unpaired) electrons. The van der Waals surface area contributed by atoms with Crippen LogP contribution in [-0.2, 0) is 9.53 Å². The van der Waals surface area contributed by atoms with Crippen molar-refractivity contribution in [1.29, 1.82) is 0 Å². The first kappa shape index (κ1) is 29.7. The summed E-state index contributed by atoms with van der Waals surface area (Å²) in [6.07, 6.45) is 7.03. The molecular weight excluding hydrogens is 588 g/mol. The van der Waals surface area contributed by atoms with Crippen molar-refractivity contribution in [1.82, 2.24) is 4.57 Å². The minimum Gasteiger partial charge on any atom is -0.497 e. The van der Waals surface area contributed by atoms with E-state index in [2.05, 4.69) is 5.92 Å². The Kier molecular flexibility index (Phi) is 9.00. The fourth-order valence-electron chi connectivity index (χ4n) is 4.77. The summed E-state index contributed by atoms with van der Waals surface area (Å²) < 4.78 is 23.8. The Morgan fingerprint density at radius 1 is 1.12 bits per heavy atom. The zero-order chi connectivity index (χ0) is 30.5. The maximum absolute atomic E-state index is 14.1. The Labute approximate surface area is 257 Å². The van der Waals surface area contributed by atoms with E-state index in [0.717, 1.165) is 5.56 Å². The Hall–Kier alpha value is -4.78. The standard InChI is InChI=1S/C33H27ClN2O6S/c1-5-16-42-30-24(34)17-20(18-25(30)40-4)19-26-31(37)36-29(22-12-14-23(39-3)15-13-22)27(32(38)41-6-2)28(35-33(36)43-26)21-10-8-7-9-11-21/h1,7-15,17-19,29H,6,16H2,2-4H3/b26-19-/t29-/m1/s1. The third-order valence-corrected chi connectivity index (χ3v) is 7.92. The topological polar surface area (TPSA) is 88.4 Å². The SMILES string of the molecule is C#CCOc1c(Cl)cc(/C=c2\sc3n(c2=O)[C@H](c2ccc(OC)cc2)C(C(=O)OCC)=C(c2ccccc2)N=3)cc1OC. The number of fused-ring (bicyclic) bond motifs is 1. The van der Waals surface area contributed by atoms with Gasteiger partial charge in [-0.2, -0.15) is 0 Å². The number of rotatable bonds is 9. The van der Waals surface area contributed by atoms with Crippen LogP contribution in [0.3, 0.4) is 0 Å². The molecule has 0 N–H and O–H groups in total. The van der Waals surface area contributed by atoms with E-state index in [1.807, 2.05) is 42.5 Å². The van der Waals surface area contributed by atoms with Crippen molar-refractivity contribution < 1.29 is 23.7 Å². The first-order valence-corrected chi connectivity index (χ1v) is 14.5. The summed E-state index contributed by atoms with van der Waals surface area (Å²) in [5, 5.41) is 0.278. The summed E-state index contributed by atoms with van der Waals surface area (Å²) in [7, 11) is 3.06. The highest BCUT2D eigenvalue weighted by molar-refractivity contribution is 7.07. The number of carbonyl (C=O) groups excluding carboxylic acids is 1. The molecule has 5 rings (SSSR count). The third-order valence-electron chi connectivity index (χ3n) is 6.65. The zero-order valence-electron chi connectivity index (χ0n) is 23.6. The van der Waals surface area contributed by atoms with Gasteiger partial charge in [0.05, 0.1) is 47.7 Å². The average Bonchev–Trinajstić information content (AvgIpc) is 3.34.